The van der Waals surface area contributed by atoms with Gasteiger partial charge in [0.25, 0.3) is 0 Å². The lowest BCUT2D eigenvalue weighted by Gasteiger charge is -2.13. The second-order valence-corrected chi connectivity index (χ2v) is 3.99. The van der Waals surface area contributed by atoms with E-state index in [0.29, 0.717) is 12.3 Å². The van der Waals surface area contributed by atoms with Crippen LogP contribution in [0.25, 0.3) is 0 Å². The minimum atomic E-state index is -0.575. The molecule has 2 N–H and O–H groups in total. The third kappa shape index (κ3) is 4.58. The van der Waals surface area contributed by atoms with Crippen LogP contribution in [0.4, 0.5) is 14.9 Å². The van der Waals surface area contributed by atoms with Gasteiger partial charge in [0, 0.05) is 12.8 Å². The third-order valence-electron chi connectivity index (χ3n) is 1.97. The van der Waals surface area contributed by atoms with Gasteiger partial charge >= 0.3 is 6.03 Å². The zero-order valence-electron chi connectivity index (χ0n) is 9.59. The fraction of sp³-hybridized carbons (Fsp3) is 0.364. The molecule has 1 aromatic carbocycles. The standard InChI is InChI=1S/C11H14ClFN2O2/c1-7(6-17-2)14-11(16)15-8-3-4-9(12)10(13)5-8/h3-5,7H,6H2,1-2H3,(H2,14,15,16). The molecule has 0 saturated heterocycles. The predicted molar refractivity (Wildman–Crippen MR) is 64.9 cm³/mol. The minimum Gasteiger partial charge on any atom is -0.383 e. The molecule has 0 radical (unpaired) electrons. The van der Waals surface area contributed by atoms with Crippen molar-refractivity contribution in [2.45, 2.75) is 13.0 Å². The Hall–Kier alpha value is -1.33. The Kier molecular flexibility index (Phi) is 5.18. The van der Waals surface area contributed by atoms with E-state index in [2.05, 4.69) is 10.6 Å². The molecule has 94 valence electrons. The summed E-state index contributed by atoms with van der Waals surface area (Å²) in [5.41, 5.74) is 0.342. The summed E-state index contributed by atoms with van der Waals surface area (Å²) in [5, 5.41) is 5.15. The highest BCUT2D eigenvalue weighted by atomic mass is 35.5. The zero-order valence-corrected chi connectivity index (χ0v) is 10.3. The van der Waals surface area contributed by atoms with Gasteiger partial charge in [-0.3, -0.25) is 0 Å². The van der Waals surface area contributed by atoms with Crippen LogP contribution in [-0.2, 0) is 4.74 Å². The Balaban J connectivity index is 2.53. The van der Waals surface area contributed by atoms with E-state index in [1.165, 1.54) is 12.1 Å². The predicted octanol–water partition coefficient (Wildman–Crippen LogP) is 2.64. The molecule has 0 aliphatic rings. The number of halogens is 2. The van der Waals surface area contributed by atoms with Gasteiger partial charge in [-0.15, -0.1) is 0 Å². The van der Waals surface area contributed by atoms with Crippen LogP contribution < -0.4 is 10.6 Å². The van der Waals surface area contributed by atoms with Crippen molar-refractivity contribution in [3.63, 3.8) is 0 Å². The molecule has 1 rings (SSSR count). The highest BCUT2D eigenvalue weighted by Gasteiger charge is 2.08. The fourth-order valence-corrected chi connectivity index (χ4v) is 1.37. The van der Waals surface area contributed by atoms with Gasteiger partial charge in [0.05, 0.1) is 17.7 Å². The number of nitrogens with one attached hydrogen (secondary N) is 2. The first-order valence-corrected chi connectivity index (χ1v) is 5.42. The Morgan fingerprint density at radius 1 is 1.59 bits per heavy atom. The Morgan fingerprint density at radius 2 is 2.29 bits per heavy atom. The zero-order chi connectivity index (χ0) is 12.8. The van der Waals surface area contributed by atoms with Crippen LogP contribution in [0.1, 0.15) is 6.92 Å². The smallest absolute Gasteiger partial charge is 0.319 e. The number of benzene rings is 1. The number of urea groups is 1. The van der Waals surface area contributed by atoms with Crippen LogP contribution in [-0.4, -0.2) is 25.8 Å². The maximum absolute atomic E-state index is 13.1. The maximum Gasteiger partial charge on any atom is 0.319 e. The fourth-order valence-electron chi connectivity index (χ4n) is 1.26. The van der Waals surface area contributed by atoms with Gasteiger partial charge in [-0.2, -0.15) is 0 Å². The van der Waals surface area contributed by atoms with Crippen LogP contribution in [0.15, 0.2) is 18.2 Å². The number of methoxy groups -OCH3 is 1. The highest BCUT2D eigenvalue weighted by Crippen LogP contribution is 2.18. The van der Waals surface area contributed by atoms with Crippen LogP contribution in [0.5, 0.6) is 0 Å². The van der Waals surface area contributed by atoms with Gasteiger partial charge in [0.15, 0.2) is 0 Å². The SMILES string of the molecule is COCC(C)NC(=O)Nc1ccc(Cl)c(F)c1. The number of anilines is 1. The number of hydrogen-bond acceptors (Lipinski definition) is 2. The van der Waals surface area contributed by atoms with E-state index in [9.17, 15) is 9.18 Å². The lowest BCUT2D eigenvalue weighted by atomic mass is 10.3. The van der Waals surface area contributed by atoms with E-state index in [0.717, 1.165) is 6.07 Å². The van der Waals surface area contributed by atoms with Crippen molar-refractivity contribution in [3.8, 4) is 0 Å². The highest BCUT2D eigenvalue weighted by molar-refractivity contribution is 6.30. The summed E-state index contributed by atoms with van der Waals surface area (Å²) in [6.45, 7) is 2.20. The molecule has 0 saturated carbocycles. The largest absolute Gasteiger partial charge is 0.383 e. The van der Waals surface area contributed by atoms with Gasteiger partial charge in [-0.05, 0) is 25.1 Å². The average Bonchev–Trinajstić information content (AvgIpc) is 2.23. The molecule has 0 spiro atoms. The van der Waals surface area contributed by atoms with E-state index in [1.807, 2.05) is 0 Å². The average molecular weight is 261 g/mol. The van der Waals surface area contributed by atoms with Crippen molar-refractivity contribution in [2.75, 3.05) is 19.0 Å². The van der Waals surface area contributed by atoms with E-state index < -0.39 is 11.8 Å². The normalized spacial score (nSPS) is 12.0. The van der Waals surface area contributed by atoms with Crippen LogP contribution in [0.3, 0.4) is 0 Å². The maximum atomic E-state index is 13.1. The van der Waals surface area contributed by atoms with Crippen molar-refractivity contribution in [3.05, 3.63) is 29.0 Å². The van der Waals surface area contributed by atoms with E-state index in [1.54, 1.807) is 14.0 Å². The molecule has 0 bridgehead atoms. The lowest BCUT2D eigenvalue weighted by molar-refractivity contribution is 0.173. The van der Waals surface area contributed by atoms with Crippen LogP contribution in [0, 0.1) is 5.82 Å². The van der Waals surface area contributed by atoms with Crippen molar-refractivity contribution < 1.29 is 13.9 Å². The molecule has 0 aromatic heterocycles. The summed E-state index contributed by atoms with van der Waals surface area (Å²) in [5.74, 6) is -0.575. The molecular weight excluding hydrogens is 247 g/mol. The Morgan fingerprint density at radius 3 is 2.88 bits per heavy atom. The molecule has 0 fully saturated rings. The molecule has 0 heterocycles. The first-order chi connectivity index (χ1) is 8.02. The molecule has 1 unspecified atom stereocenters. The van der Waals surface area contributed by atoms with Crippen LogP contribution in [0.2, 0.25) is 5.02 Å². The summed E-state index contributed by atoms with van der Waals surface area (Å²) < 4.78 is 18.0. The monoisotopic (exact) mass is 260 g/mol. The number of carbonyl (C=O) groups excluding carboxylic acids is 1. The summed E-state index contributed by atoms with van der Waals surface area (Å²) in [4.78, 5) is 11.5. The van der Waals surface area contributed by atoms with Crippen molar-refractivity contribution in [1.29, 1.82) is 0 Å². The Bertz CT molecular complexity index is 401. The molecule has 1 atom stereocenters. The van der Waals surface area contributed by atoms with Gasteiger partial charge in [0.1, 0.15) is 5.82 Å². The van der Waals surface area contributed by atoms with Crippen molar-refractivity contribution in [2.24, 2.45) is 0 Å². The summed E-state index contributed by atoms with van der Waals surface area (Å²) in [6.07, 6.45) is 0. The molecule has 0 aliphatic heterocycles. The van der Waals surface area contributed by atoms with Gasteiger partial charge in [-0.1, -0.05) is 11.6 Å². The quantitative estimate of drug-likeness (QED) is 0.874. The lowest BCUT2D eigenvalue weighted by Crippen LogP contribution is -2.38. The number of carbonyl (C=O) groups is 1. The molecule has 1 aromatic rings. The number of ether oxygens (including phenoxy) is 1. The van der Waals surface area contributed by atoms with Crippen molar-refractivity contribution >= 4 is 23.3 Å². The third-order valence-corrected chi connectivity index (χ3v) is 2.28. The first-order valence-electron chi connectivity index (χ1n) is 5.04. The van der Waals surface area contributed by atoms with Gasteiger partial charge < -0.3 is 15.4 Å². The summed E-state index contributed by atoms with van der Waals surface area (Å²) >= 11 is 5.52. The second kappa shape index (κ2) is 6.42. The molecule has 4 nitrogen and oxygen atoms in total. The molecule has 2 amide bonds. The first kappa shape index (κ1) is 13.7. The molecular formula is C11H14ClFN2O2. The summed E-state index contributed by atoms with van der Waals surface area (Å²) in [7, 11) is 1.55. The van der Waals surface area contributed by atoms with E-state index in [4.69, 9.17) is 16.3 Å². The number of hydrogen-bond donors (Lipinski definition) is 2. The van der Waals surface area contributed by atoms with E-state index in [-0.39, 0.29) is 11.1 Å². The topological polar surface area (TPSA) is 50.4 Å². The molecule has 17 heavy (non-hydrogen) atoms. The van der Waals surface area contributed by atoms with Crippen LogP contribution >= 0.6 is 11.6 Å². The van der Waals surface area contributed by atoms with Crippen molar-refractivity contribution in [1.82, 2.24) is 5.32 Å². The molecule has 6 heteroatoms. The summed E-state index contributed by atoms with van der Waals surface area (Å²) in [6, 6.07) is 3.51. The Labute approximate surface area is 104 Å². The number of amides is 2. The number of rotatable bonds is 4. The second-order valence-electron chi connectivity index (χ2n) is 3.58. The van der Waals surface area contributed by atoms with Gasteiger partial charge in [0.2, 0.25) is 0 Å². The molecule has 0 aliphatic carbocycles. The minimum absolute atomic E-state index is 0.0173. The van der Waals surface area contributed by atoms with Gasteiger partial charge in [-0.25, -0.2) is 9.18 Å². The van der Waals surface area contributed by atoms with E-state index >= 15 is 0 Å².